The van der Waals surface area contributed by atoms with Gasteiger partial charge in [0.25, 0.3) is 5.91 Å². The summed E-state index contributed by atoms with van der Waals surface area (Å²) < 4.78 is 0. The van der Waals surface area contributed by atoms with Crippen LogP contribution in [0.25, 0.3) is 0 Å². The van der Waals surface area contributed by atoms with Gasteiger partial charge in [0.05, 0.1) is 0 Å². The fourth-order valence-electron chi connectivity index (χ4n) is 1.34. The first kappa shape index (κ1) is 15.9. The van der Waals surface area contributed by atoms with Gasteiger partial charge < -0.3 is 10.6 Å². The van der Waals surface area contributed by atoms with Crippen molar-refractivity contribution in [3.8, 4) is 0 Å². The van der Waals surface area contributed by atoms with E-state index in [4.69, 9.17) is 0 Å². The van der Waals surface area contributed by atoms with Crippen LogP contribution in [0.1, 0.15) is 29.8 Å². The summed E-state index contributed by atoms with van der Waals surface area (Å²) >= 11 is 0. The predicted octanol–water partition coefficient (Wildman–Crippen LogP) is 2.01. The number of carbonyl (C=O) groups is 1. The fourth-order valence-corrected chi connectivity index (χ4v) is 1.34. The third-order valence-corrected chi connectivity index (χ3v) is 2.69. The molecule has 1 aromatic carbocycles. The van der Waals surface area contributed by atoms with Crippen LogP contribution in [0, 0.1) is 0 Å². The van der Waals surface area contributed by atoms with E-state index in [0.29, 0.717) is 12.6 Å². The van der Waals surface area contributed by atoms with Gasteiger partial charge in [0.1, 0.15) is 0 Å². The van der Waals surface area contributed by atoms with Gasteiger partial charge in [-0.3, -0.25) is 4.79 Å². The molecular weight excluding hydrogens is 236 g/mol. The minimum absolute atomic E-state index is 0. The van der Waals surface area contributed by atoms with Crippen molar-refractivity contribution in [3.05, 3.63) is 35.4 Å². The topological polar surface area (TPSA) is 41.1 Å². The van der Waals surface area contributed by atoms with Crippen molar-refractivity contribution in [1.29, 1.82) is 0 Å². The molecule has 2 N–H and O–H groups in total. The third kappa shape index (κ3) is 5.20. The van der Waals surface area contributed by atoms with Crippen LogP contribution in [0.5, 0.6) is 0 Å². The Morgan fingerprint density at radius 3 is 2.35 bits per heavy atom. The zero-order valence-electron chi connectivity index (χ0n) is 10.6. The van der Waals surface area contributed by atoms with Crippen molar-refractivity contribution < 1.29 is 4.79 Å². The molecule has 0 heterocycles. The van der Waals surface area contributed by atoms with Crippen molar-refractivity contribution in [1.82, 2.24) is 10.6 Å². The van der Waals surface area contributed by atoms with Crippen LogP contribution in [-0.2, 0) is 6.42 Å². The van der Waals surface area contributed by atoms with Gasteiger partial charge in [-0.15, -0.1) is 12.4 Å². The number of likely N-dealkylation sites (N-methyl/N-ethyl adjacent to an activating group) is 1. The van der Waals surface area contributed by atoms with E-state index in [9.17, 15) is 4.79 Å². The summed E-state index contributed by atoms with van der Waals surface area (Å²) in [6.07, 6.45) is 0.999. The Kier molecular flexibility index (Phi) is 7.59. The van der Waals surface area contributed by atoms with Crippen LogP contribution < -0.4 is 10.6 Å². The van der Waals surface area contributed by atoms with Crippen molar-refractivity contribution in [2.24, 2.45) is 0 Å². The molecule has 1 rings (SSSR count). The van der Waals surface area contributed by atoms with Gasteiger partial charge in [-0.1, -0.05) is 19.1 Å². The highest BCUT2D eigenvalue weighted by Crippen LogP contribution is 2.04. The Morgan fingerprint density at radius 1 is 1.29 bits per heavy atom. The number of hydrogen-bond acceptors (Lipinski definition) is 2. The number of halogens is 1. The molecule has 0 aromatic heterocycles. The standard InChI is InChI=1S/C13H20N2O.ClH/c1-4-11-5-7-12(8-6-11)13(16)15-9-10(2)14-3;/h5-8,10,14H,4,9H2,1-3H3,(H,15,16);1H. The number of rotatable bonds is 5. The number of benzene rings is 1. The molecule has 0 aliphatic heterocycles. The van der Waals surface area contributed by atoms with Gasteiger partial charge in [0, 0.05) is 18.2 Å². The first-order valence-electron chi connectivity index (χ1n) is 5.71. The average Bonchev–Trinajstić information content (AvgIpc) is 2.35. The maximum Gasteiger partial charge on any atom is 0.251 e. The van der Waals surface area contributed by atoms with E-state index in [-0.39, 0.29) is 18.3 Å². The van der Waals surface area contributed by atoms with Gasteiger partial charge >= 0.3 is 0 Å². The van der Waals surface area contributed by atoms with Gasteiger partial charge in [0.15, 0.2) is 0 Å². The van der Waals surface area contributed by atoms with E-state index in [1.54, 1.807) is 0 Å². The lowest BCUT2D eigenvalue weighted by molar-refractivity contribution is 0.0950. The second kappa shape index (κ2) is 8.09. The van der Waals surface area contributed by atoms with Crippen molar-refractivity contribution in [3.63, 3.8) is 0 Å². The van der Waals surface area contributed by atoms with E-state index >= 15 is 0 Å². The highest BCUT2D eigenvalue weighted by atomic mass is 35.5. The first-order chi connectivity index (χ1) is 7.67. The highest BCUT2D eigenvalue weighted by Gasteiger charge is 2.06. The molecule has 0 aliphatic carbocycles. The molecule has 1 atom stereocenters. The molecule has 3 nitrogen and oxygen atoms in total. The molecule has 17 heavy (non-hydrogen) atoms. The molecule has 0 fully saturated rings. The van der Waals surface area contributed by atoms with Crippen LogP contribution in [0.3, 0.4) is 0 Å². The van der Waals surface area contributed by atoms with Crippen LogP contribution in [0.15, 0.2) is 24.3 Å². The third-order valence-electron chi connectivity index (χ3n) is 2.69. The first-order valence-corrected chi connectivity index (χ1v) is 5.71. The highest BCUT2D eigenvalue weighted by molar-refractivity contribution is 5.94. The minimum atomic E-state index is -0.00949. The Bertz CT molecular complexity index is 338. The molecule has 4 heteroatoms. The molecule has 0 bridgehead atoms. The summed E-state index contributed by atoms with van der Waals surface area (Å²) in [6, 6.07) is 8.03. The summed E-state index contributed by atoms with van der Waals surface area (Å²) in [5, 5.41) is 5.96. The second-order valence-electron chi connectivity index (χ2n) is 3.95. The molecular formula is C13H21ClN2O. The maximum atomic E-state index is 11.7. The summed E-state index contributed by atoms with van der Waals surface area (Å²) in [5.74, 6) is -0.00949. The van der Waals surface area contributed by atoms with Crippen LogP contribution in [0.2, 0.25) is 0 Å². The molecule has 0 saturated heterocycles. The number of carbonyl (C=O) groups excluding carboxylic acids is 1. The van der Waals surface area contributed by atoms with E-state index in [0.717, 1.165) is 12.0 Å². The summed E-state index contributed by atoms with van der Waals surface area (Å²) in [4.78, 5) is 11.7. The summed E-state index contributed by atoms with van der Waals surface area (Å²) in [5.41, 5.74) is 1.97. The fraction of sp³-hybridized carbons (Fsp3) is 0.462. The molecule has 0 spiro atoms. The van der Waals surface area contributed by atoms with Crippen LogP contribution >= 0.6 is 12.4 Å². The van der Waals surface area contributed by atoms with Crippen molar-refractivity contribution in [2.75, 3.05) is 13.6 Å². The molecule has 1 amide bonds. The monoisotopic (exact) mass is 256 g/mol. The van der Waals surface area contributed by atoms with Crippen molar-refractivity contribution >= 4 is 18.3 Å². The quantitative estimate of drug-likeness (QED) is 0.846. The molecule has 1 aromatic rings. The lowest BCUT2D eigenvalue weighted by Gasteiger charge is -2.11. The van der Waals surface area contributed by atoms with E-state index < -0.39 is 0 Å². The number of amides is 1. The smallest absolute Gasteiger partial charge is 0.251 e. The van der Waals surface area contributed by atoms with Crippen molar-refractivity contribution in [2.45, 2.75) is 26.3 Å². The summed E-state index contributed by atoms with van der Waals surface area (Å²) in [7, 11) is 1.88. The van der Waals surface area contributed by atoms with Gasteiger partial charge in [-0.25, -0.2) is 0 Å². The molecule has 0 aliphatic rings. The second-order valence-corrected chi connectivity index (χ2v) is 3.95. The average molecular weight is 257 g/mol. The largest absolute Gasteiger partial charge is 0.350 e. The Hall–Kier alpha value is -1.06. The zero-order valence-corrected chi connectivity index (χ0v) is 11.4. The maximum absolute atomic E-state index is 11.7. The van der Waals surface area contributed by atoms with Gasteiger partial charge in [-0.05, 0) is 38.1 Å². The number of hydrogen-bond donors (Lipinski definition) is 2. The molecule has 0 saturated carbocycles. The minimum Gasteiger partial charge on any atom is -0.350 e. The molecule has 1 unspecified atom stereocenters. The Morgan fingerprint density at radius 2 is 1.88 bits per heavy atom. The number of nitrogens with one attached hydrogen (secondary N) is 2. The Labute approximate surface area is 109 Å². The van der Waals surface area contributed by atoms with E-state index in [1.165, 1.54) is 5.56 Å². The van der Waals surface area contributed by atoms with Gasteiger partial charge in [0.2, 0.25) is 0 Å². The van der Waals surface area contributed by atoms with Crippen LogP contribution in [0.4, 0.5) is 0 Å². The van der Waals surface area contributed by atoms with E-state index in [1.807, 2.05) is 38.2 Å². The molecule has 0 radical (unpaired) electrons. The number of aryl methyl sites for hydroxylation is 1. The SMILES string of the molecule is CCc1ccc(C(=O)NCC(C)NC)cc1.Cl. The van der Waals surface area contributed by atoms with Crippen LogP contribution in [-0.4, -0.2) is 25.5 Å². The summed E-state index contributed by atoms with van der Waals surface area (Å²) in [6.45, 7) is 4.77. The zero-order chi connectivity index (χ0) is 12.0. The lowest BCUT2D eigenvalue weighted by Crippen LogP contribution is -2.37. The Balaban J connectivity index is 0.00000256. The predicted molar refractivity (Wildman–Crippen MR) is 73.9 cm³/mol. The lowest BCUT2D eigenvalue weighted by atomic mass is 10.1. The normalized spacial score (nSPS) is 11.5. The molecule has 96 valence electrons. The van der Waals surface area contributed by atoms with E-state index in [2.05, 4.69) is 17.6 Å². The van der Waals surface area contributed by atoms with Gasteiger partial charge in [-0.2, -0.15) is 0 Å².